The van der Waals surface area contributed by atoms with Crippen molar-refractivity contribution in [2.45, 2.75) is 30.0 Å². The first-order valence-corrected chi connectivity index (χ1v) is 9.82. The van der Waals surface area contributed by atoms with Crippen molar-refractivity contribution in [2.75, 3.05) is 24.2 Å². The van der Waals surface area contributed by atoms with Gasteiger partial charge in [-0.2, -0.15) is 13.2 Å². The number of thioether (sulfide) groups is 1. The number of nitrogens with zero attached hydrogens (tertiary/aromatic N) is 2. The molecule has 0 radical (unpaired) electrons. The van der Waals surface area contributed by atoms with E-state index in [1.807, 2.05) is 35.4 Å². The van der Waals surface area contributed by atoms with Crippen molar-refractivity contribution in [1.82, 2.24) is 10.3 Å². The third kappa shape index (κ3) is 4.94. The number of amides is 1. The van der Waals surface area contributed by atoms with Crippen LogP contribution in [0.15, 0.2) is 47.5 Å². The minimum absolute atomic E-state index is 0.0448. The van der Waals surface area contributed by atoms with Crippen LogP contribution in [0.25, 0.3) is 0 Å². The maximum Gasteiger partial charge on any atom is 0.417 e. The molecule has 2 aromatic rings. The largest absolute Gasteiger partial charge is 0.417 e. The molecule has 1 saturated heterocycles. The van der Waals surface area contributed by atoms with Gasteiger partial charge in [-0.1, -0.05) is 0 Å². The van der Waals surface area contributed by atoms with E-state index >= 15 is 0 Å². The molecule has 1 amide bonds. The Hall–Kier alpha value is -2.22. The average Bonchev–Trinajstić information content (AvgIpc) is 2.68. The molecule has 3 rings (SSSR count). The lowest BCUT2D eigenvalue weighted by Gasteiger charge is -2.33. The van der Waals surface area contributed by atoms with Gasteiger partial charge in [-0.25, -0.2) is 4.98 Å². The summed E-state index contributed by atoms with van der Waals surface area (Å²) in [6.07, 6.45) is -0.0959. The van der Waals surface area contributed by atoms with E-state index in [1.165, 1.54) is 6.07 Å². The fourth-order valence-corrected chi connectivity index (χ4v) is 3.41. The van der Waals surface area contributed by atoms with Crippen LogP contribution in [0, 0.1) is 0 Å². The third-order valence-corrected chi connectivity index (χ3v) is 5.33. The second-order valence-electron chi connectivity index (χ2n) is 6.37. The number of hydrogen-bond donors (Lipinski definition) is 1. The van der Waals surface area contributed by atoms with E-state index in [1.54, 1.807) is 11.8 Å². The summed E-state index contributed by atoms with van der Waals surface area (Å²) in [5, 5.41) is 3.03. The van der Waals surface area contributed by atoms with E-state index in [0.717, 1.165) is 30.0 Å². The van der Waals surface area contributed by atoms with Crippen LogP contribution < -0.4 is 10.2 Å². The molecule has 1 aliphatic heterocycles. The third-order valence-electron chi connectivity index (χ3n) is 4.58. The van der Waals surface area contributed by atoms with E-state index in [2.05, 4.69) is 10.3 Å². The predicted molar refractivity (Wildman–Crippen MR) is 100 cm³/mol. The molecule has 1 aromatic carbocycles. The van der Waals surface area contributed by atoms with E-state index in [-0.39, 0.29) is 11.9 Å². The van der Waals surface area contributed by atoms with Gasteiger partial charge in [-0.05, 0) is 55.5 Å². The number of benzene rings is 1. The Morgan fingerprint density at radius 2 is 1.81 bits per heavy atom. The Morgan fingerprint density at radius 3 is 2.33 bits per heavy atom. The van der Waals surface area contributed by atoms with Gasteiger partial charge >= 0.3 is 6.18 Å². The van der Waals surface area contributed by atoms with Crippen molar-refractivity contribution in [2.24, 2.45) is 0 Å². The van der Waals surface area contributed by atoms with Gasteiger partial charge in [0.05, 0.1) is 5.56 Å². The number of aromatic nitrogens is 1. The van der Waals surface area contributed by atoms with Crippen molar-refractivity contribution >= 4 is 23.5 Å². The highest BCUT2D eigenvalue weighted by Crippen LogP contribution is 2.29. The van der Waals surface area contributed by atoms with Crippen LogP contribution in [0.1, 0.15) is 28.8 Å². The normalized spacial score (nSPS) is 15.6. The molecule has 1 N–H and O–H groups in total. The van der Waals surface area contributed by atoms with Crippen LogP contribution >= 0.6 is 11.8 Å². The maximum absolute atomic E-state index is 12.6. The number of nitrogens with one attached hydrogen (secondary N) is 1. The molecule has 4 nitrogen and oxygen atoms in total. The van der Waals surface area contributed by atoms with Crippen LogP contribution in [0.5, 0.6) is 0 Å². The Bertz CT molecular complexity index is 770. The van der Waals surface area contributed by atoms with Gasteiger partial charge in [0.1, 0.15) is 5.82 Å². The minimum Gasteiger partial charge on any atom is -0.356 e. The molecule has 27 heavy (non-hydrogen) atoms. The SMILES string of the molecule is CSc1ccc(C(=O)NC2CCN(c3ccc(C(F)(F)F)cn3)CC2)cc1. The number of rotatable bonds is 4. The van der Waals surface area contributed by atoms with Crippen LogP contribution in [-0.4, -0.2) is 36.3 Å². The van der Waals surface area contributed by atoms with E-state index in [9.17, 15) is 18.0 Å². The molecule has 1 fully saturated rings. The van der Waals surface area contributed by atoms with E-state index in [0.29, 0.717) is 24.5 Å². The minimum atomic E-state index is -4.38. The second kappa shape index (κ2) is 8.21. The molecule has 0 unspecified atom stereocenters. The second-order valence-corrected chi connectivity index (χ2v) is 7.25. The molecule has 0 atom stereocenters. The molecular weight excluding hydrogens is 375 g/mol. The summed E-state index contributed by atoms with van der Waals surface area (Å²) >= 11 is 1.62. The maximum atomic E-state index is 12.6. The number of piperidine rings is 1. The van der Waals surface area contributed by atoms with Crippen molar-refractivity contribution < 1.29 is 18.0 Å². The van der Waals surface area contributed by atoms with Crippen molar-refractivity contribution in [3.8, 4) is 0 Å². The lowest BCUT2D eigenvalue weighted by Crippen LogP contribution is -2.45. The van der Waals surface area contributed by atoms with Crippen LogP contribution in [0.4, 0.5) is 19.0 Å². The number of pyridine rings is 1. The van der Waals surface area contributed by atoms with Crippen molar-refractivity contribution in [1.29, 1.82) is 0 Å². The summed E-state index contributed by atoms with van der Waals surface area (Å²) in [6.45, 7) is 1.27. The zero-order valence-electron chi connectivity index (χ0n) is 14.8. The average molecular weight is 395 g/mol. The van der Waals surface area contributed by atoms with Crippen LogP contribution in [-0.2, 0) is 6.18 Å². The Kier molecular flexibility index (Phi) is 5.94. The first-order valence-electron chi connectivity index (χ1n) is 8.60. The highest BCUT2D eigenvalue weighted by atomic mass is 32.2. The number of hydrogen-bond acceptors (Lipinski definition) is 4. The number of anilines is 1. The highest BCUT2D eigenvalue weighted by molar-refractivity contribution is 7.98. The first-order chi connectivity index (χ1) is 12.9. The summed E-state index contributed by atoms with van der Waals surface area (Å²) in [7, 11) is 0. The van der Waals surface area contributed by atoms with Crippen molar-refractivity contribution in [3.05, 3.63) is 53.7 Å². The number of alkyl halides is 3. The Labute approximate surface area is 160 Å². The molecule has 0 spiro atoms. The van der Waals surface area contributed by atoms with Gasteiger partial charge < -0.3 is 10.2 Å². The van der Waals surface area contributed by atoms with E-state index < -0.39 is 11.7 Å². The predicted octanol–water partition coefficient (Wildman–Crippen LogP) is 4.22. The molecule has 1 aromatic heterocycles. The molecule has 8 heteroatoms. The Morgan fingerprint density at radius 1 is 1.15 bits per heavy atom. The monoisotopic (exact) mass is 395 g/mol. The van der Waals surface area contributed by atoms with Crippen molar-refractivity contribution in [3.63, 3.8) is 0 Å². The van der Waals surface area contributed by atoms with E-state index in [4.69, 9.17) is 0 Å². The van der Waals surface area contributed by atoms with Gasteiger partial charge in [0, 0.05) is 35.8 Å². The number of carbonyl (C=O) groups is 1. The lowest BCUT2D eigenvalue weighted by molar-refractivity contribution is -0.137. The van der Waals surface area contributed by atoms with Gasteiger partial charge in [-0.3, -0.25) is 4.79 Å². The van der Waals surface area contributed by atoms with Crippen LogP contribution in [0.2, 0.25) is 0 Å². The molecule has 144 valence electrons. The molecule has 0 bridgehead atoms. The van der Waals surface area contributed by atoms with Gasteiger partial charge in [0.15, 0.2) is 0 Å². The smallest absolute Gasteiger partial charge is 0.356 e. The fraction of sp³-hybridized carbons (Fsp3) is 0.368. The zero-order valence-corrected chi connectivity index (χ0v) is 15.6. The quantitative estimate of drug-likeness (QED) is 0.788. The fourth-order valence-electron chi connectivity index (χ4n) is 3.00. The highest BCUT2D eigenvalue weighted by Gasteiger charge is 2.31. The van der Waals surface area contributed by atoms with Crippen LogP contribution in [0.3, 0.4) is 0 Å². The standard InChI is InChI=1S/C19H20F3N3OS/c1-27-16-5-2-13(3-6-16)18(26)24-15-8-10-25(11-9-15)17-7-4-14(12-23-17)19(20,21)22/h2-7,12,15H,8-11H2,1H3,(H,24,26). The summed E-state index contributed by atoms with van der Waals surface area (Å²) in [5.41, 5.74) is -0.125. The molecular formula is C19H20F3N3OS. The number of carbonyl (C=O) groups excluding carboxylic acids is 1. The topological polar surface area (TPSA) is 45.2 Å². The molecule has 0 aliphatic carbocycles. The Balaban J connectivity index is 1.53. The molecule has 0 saturated carbocycles. The van der Waals surface area contributed by atoms with Gasteiger partial charge in [0.2, 0.25) is 0 Å². The van der Waals surface area contributed by atoms with Gasteiger partial charge in [-0.15, -0.1) is 11.8 Å². The summed E-state index contributed by atoms with van der Waals surface area (Å²) < 4.78 is 37.9. The summed E-state index contributed by atoms with van der Waals surface area (Å²) in [4.78, 5) is 19.3. The zero-order chi connectivity index (χ0) is 19.4. The first kappa shape index (κ1) is 19.5. The van der Waals surface area contributed by atoms with Gasteiger partial charge in [0.25, 0.3) is 5.91 Å². The molecule has 1 aliphatic rings. The summed E-state index contributed by atoms with van der Waals surface area (Å²) in [5.74, 6) is 0.425. The molecule has 2 heterocycles. The lowest BCUT2D eigenvalue weighted by atomic mass is 10.0. The summed E-state index contributed by atoms with van der Waals surface area (Å²) in [6, 6.07) is 9.94. The number of halogens is 3.